The molecule has 27 heavy (non-hydrogen) atoms. The highest BCUT2D eigenvalue weighted by molar-refractivity contribution is 5.73. The van der Waals surface area contributed by atoms with E-state index < -0.39 is 0 Å². The number of hydrogen-bond donors (Lipinski definition) is 2. The number of nitrogens with one attached hydrogen (secondary N) is 2. The third kappa shape index (κ3) is 5.82. The van der Waals surface area contributed by atoms with Crippen molar-refractivity contribution >= 4 is 6.03 Å². The van der Waals surface area contributed by atoms with Gasteiger partial charge in [-0.25, -0.2) is 9.18 Å². The number of furan rings is 1. The standard InChI is InChI=1S/C21H28FN3O2/c1-16(15-25-11-5-2-6-12-25)13-23-21(26)24-14-17-9-10-20(27-17)18-7-3-4-8-19(18)22/h3-4,7-10,16H,2,5-6,11-15H2,1H3,(H2,23,24,26)/t16-/m0/s1. The third-order valence-corrected chi connectivity index (χ3v) is 4.85. The second-order valence-corrected chi connectivity index (χ2v) is 7.28. The first-order valence-corrected chi connectivity index (χ1v) is 9.69. The number of amides is 2. The quantitative estimate of drug-likeness (QED) is 0.771. The van der Waals surface area contributed by atoms with Crippen LogP contribution in [0.15, 0.2) is 40.8 Å². The van der Waals surface area contributed by atoms with Gasteiger partial charge in [-0.1, -0.05) is 25.5 Å². The number of likely N-dealkylation sites (tertiary alicyclic amines) is 1. The Morgan fingerprint density at radius 1 is 1.15 bits per heavy atom. The number of nitrogens with zero attached hydrogens (tertiary/aromatic N) is 1. The highest BCUT2D eigenvalue weighted by atomic mass is 19.1. The summed E-state index contributed by atoms with van der Waals surface area (Å²) >= 11 is 0. The van der Waals surface area contributed by atoms with Crippen molar-refractivity contribution in [2.75, 3.05) is 26.2 Å². The average Bonchev–Trinajstić information content (AvgIpc) is 3.15. The Morgan fingerprint density at radius 3 is 2.70 bits per heavy atom. The molecule has 2 amide bonds. The zero-order valence-electron chi connectivity index (χ0n) is 15.8. The van der Waals surface area contributed by atoms with Crippen molar-refractivity contribution in [3.05, 3.63) is 48.0 Å². The molecule has 146 valence electrons. The summed E-state index contributed by atoms with van der Waals surface area (Å²) in [6.07, 6.45) is 3.88. The van der Waals surface area contributed by atoms with E-state index in [9.17, 15) is 9.18 Å². The van der Waals surface area contributed by atoms with Crippen LogP contribution in [0.3, 0.4) is 0 Å². The van der Waals surface area contributed by atoms with Crippen molar-refractivity contribution in [2.45, 2.75) is 32.7 Å². The molecular formula is C21H28FN3O2. The first-order valence-electron chi connectivity index (χ1n) is 9.69. The van der Waals surface area contributed by atoms with Gasteiger partial charge in [0.1, 0.15) is 17.3 Å². The molecule has 1 aromatic carbocycles. The Balaban J connectivity index is 1.40. The largest absolute Gasteiger partial charge is 0.459 e. The van der Waals surface area contributed by atoms with E-state index in [2.05, 4.69) is 22.5 Å². The van der Waals surface area contributed by atoms with Crippen molar-refractivity contribution in [3.63, 3.8) is 0 Å². The maximum absolute atomic E-state index is 13.8. The number of carbonyl (C=O) groups is 1. The summed E-state index contributed by atoms with van der Waals surface area (Å²) in [5.74, 6) is 1.13. The van der Waals surface area contributed by atoms with Crippen LogP contribution in [-0.4, -0.2) is 37.1 Å². The Bertz CT molecular complexity index is 741. The molecule has 5 nitrogen and oxygen atoms in total. The molecule has 0 saturated carbocycles. The summed E-state index contributed by atoms with van der Waals surface area (Å²) in [7, 11) is 0. The van der Waals surface area contributed by atoms with Gasteiger partial charge < -0.3 is 20.0 Å². The molecule has 2 aromatic rings. The van der Waals surface area contributed by atoms with E-state index in [0.29, 0.717) is 29.5 Å². The molecule has 0 unspecified atom stereocenters. The van der Waals surface area contributed by atoms with Crippen LogP contribution in [0.4, 0.5) is 9.18 Å². The van der Waals surface area contributed by atoms with Gasteiger partial charge in [0.2, 0.25) is 0 Å². The number of benzene rings is 1. The van der Waals surface area contributed by atoms with Gasteiger partial charge in [0.05, 0.1) is 12.1 Å². The Labute approximate surface area is 159 Å². The molecule has 1 aliphatic heterocycles. The minimum absolute atomic E-state index is 0.218. The Hall–Kier alpha value is -2.34. The molecule has 0 radical (unpaired) electrons. The van der Waals surface area contributed by atoms with E-state index in [0.717, 1.165) is 6.54 Å². The molecule has 0 aliphatic carbocycles. The average molecular weight is 373 g/mol. The minimum atomic E-state index is -0.327. The molecular weight excluding hydrogens is 345 g/mol. The number of piperidine rings is 1. The Kier molecular flexibility index (Phi) is 6.87. The highest BCUT2D eigenvalue weighted by Crippen LogP contribution is 2.24. The van der Waals surface area contributed by atoms with Gasteiger partial charge in [-0.2, -0.15) is 0 Å². The molecule has 6 heteroatoms. The van der Waals surface area contributed by atoms with E-state index >= 15 is 0 Å². The van der Waals surface area contributed by atoms with Crippen LogP contribution in [0.1, 0.15) is 31.9 Å². The van der Waals surface area contributed by atoms with Crippen LogP contribution in [0.5, 0.6) is 0 Å². The number of hydrogen-bond acceptors (Lipinski definition) is 3. The van der Waals surface area contributed by atoms with Crippen LogP contribution in [0.25, 0.3) is 11.3 Å². The lowest BCUT2D eigenvalue weighted by atomic mass is 10.1. The molecule has 3 rings (SSSR count). The molecule has 0 bridgehead atoms. The summed E-state index contributed by atoms with van der Waals surface area (Å²) in [5.41, 5.74) is 0.416. The van der Waals surface area contributed by atoms with Gasteiger partial charge >= 0.3 is 6.03 Å². The normalized spacial score (nSPS) is 16.1. The summed E-state index contributed by atoms with van der Waals surface area (Å²) in [6, 6.07) is 9.72. The predicted octanol–water partition coefficient (Wildman–Crippen LogP) is 4.01. The maximum Gasteiger partial charge on any atom is 0.315 e. The van der Waals surface area contributed by atoms with Crippen molar-refractivity contribution in [3.8, 4) is 11.3 Å². The topological polar surface area (TPSA) is 57.5 Å². The second kappa shape index (κ2) is 9.55. The van der Waals surface area contributed by atoms with Crippen LogP contribution in [-0.2, 0) is 6.54 Å². The summed E-state index contributed by atoms with van der Waals surface area (Å²) in [4.78, 5) is 14.5. The van der Waals surface area contributed by atoms with Gasteiger partial charge in [0.15, 0.2) is 0 Å². The zero-order chi connectivity index (χ0) is 19.1. The van der Waals surface area contributed by atoms with Gasteiger partial charge in [-0.15, -0.1) is 0 Å². The van der Waals surface area contributed by atoms with E-state index in [1.807, 2.05) is 0 Å². The van der Waals surface area contributed by atoms with E-state index in [1.165, 1.54) is 38.4 Å². The zero-order valence-corrected chi connectivity index (χ0v) is 15.8. The predicted molar refractivity (Wildman–Crippen MR) is 104 cm³/mol. The first-order chi connectivity index (χ1) is 13.1. The molecule has 1 fully saturated rings. The molecule has 1 aliphatic rings. The number of rotatable bonds is 7. The lowest BCUT2D eigenvalue weighted by Crippen LogP contribution is -2.41. The summed E-state index contributed by atoms with van der Waals surface area (Å²) < 4.78 is 19.4. The molecule has 1 saturated heterocycles. The smallest absolute Gasteiger partial charge is 0.315 e. The molecule has 2 N–H and O–H groups in total. The molecule has 0 spiro atoms. The molecule has 1 atom stereocenters. The lowest BCUT2D eigenvalue weighted by Gasteiger charge is -2.29. The SMILES string of the molecule is C[C@@H](CNC(=O)NCc1ccc(-c2ccccc2F)o1)CN1CCCCC1. The third-order valence-electron chi connectivity index (χ3n) is 4.85. The van der Waals surface area contributed by atoms with Gasteiger partial charge in [-0.3, -0.25) is 0 Å². The van der Waals surface area contributed by atoms with Crippen LogP contribution in [0, 0.1) is 11.7 Å². The number of halogens is 1. The van der Waals surface area contributed by atoms with Crippen LogP contribution in [0.2, 0.25) is 0 Å². The molecule has 2 heterocycles. The minimum Gasteiger partial charge on any atom is -0.459 e. The van der Waals surface area contributed by atoms with Gasteiger partial charge in [0.25, 0.3) is 0 Å². The monoisotopic (exact) mass is 373 g/mol. The van der Waals surface area contributed by atoms with Crippen molar-refractivity contribution in [1.29, 1.82) is 0 Å². The number of carbonyl (C=O) groups excluding carboxylic acids is 1. The fraction of sp³-hybridized carbons (Fsp3) is 0.476. The first kappa shape index (κ1) is 19.4. The number of urea groups is 1. The van der Waals surface area contributed by atoms with Crippen molar-refractivity contribution in [1.82, 2.24) is 15.5 Å². The van der Waals surface area contributed by atoms with Crippen molar-refractivity contribution in [2.24, 2.45) is 5.92 Å². The van der Waals surface area contributed by atoms with Crippen molar-refractivity contribution < 1.29 is 13.6 Å². The van der Waals surface area contributed by atoms with E-state index in [-0.39, 0.29) is 18.4 Å². The van der Waals surface area contributed by atoms with Gasteiger partial charge in [0, 0.05) is 13.1 Å². The highest BCUT2D eigenvalue weighted by Gasteiger charge is 2.14. The van der Waals surface area contributed by atoms with Crippen LogP contribution < -0.4 is 10.6 Å². The second-order valence-electron chi connectivity index (χ2n) is 7.28. The summed E-state index contributed by atoms with van der Waals surface area (Å²) in [6.45, 7) is 6.41. The van der Waals surface area contributed by atoms with Crippen LogP contribution >= 0.6 is 0 Å². The fourth-order valence-electron chi connectivity index (χ4n) is 3.42. The lowest BCUT2D eigenvalue weighted by molar-refractivity contribution is 0.197. The molecule has 1 aromatic heterocycles. The summed E-state index contributed by atoms with van der Waals surface area (Å²) in [5, 5.41) is 5.70. The Morgan fingerprint density at radius 2 is 1.93 bits per heavy atom. The maximum atomic E-state index is 13.8. The van der Waals surface area contributed by atoms with E-state index in [1.54, 1.807) is 30.3 Å². The van der Waals surface area contributed by atoms with Gasteiger partial charge in [-0.05, 0) is 56.1 Å². The fourth-order valence-corrected chi connectivity index (χ4v) is 3.42. The van der Waals surface area contributed by atoms with E-state index in [4.69, 9.17) is 4.42 Å².